The number of aliphatic hydroxyl groups is 1. The molecule has 1 aliphatic rings. The molecule has 0 saturated carbocycles. The van der Waals surface area contributed by atoms with E-state index in [1.807, 2.05) is 0 Å². The quantitative estimate of drug-likeness (QED) is 0.599. The third kappa shape index (κ3) is 3.13. The fourth-order valence-electron chi connectivity index (χ4n) is 3.99. The number of carbonyl (C=O) groups excluding carboxylic acids is 2. The first-order valence-corrected chi connectivity index (χ1v) is 9.76. The minimum Gasteiger partial charge on any atom is -0.469 e. The van der Waals surface area contributed by atoms with Crippen molar-refractivity contribution in [1.82, 2.24) is 0 Å². The van der Waals surface area contributed by atoms with Gasteiger partial charge in [-0.2, -0.15) is 0 Å². The molecule has 7 heteroatoms. The molecule has 4 rings (SSSR count). The summed E-state index contributed by atoms with van der Waals surface area (Å²) >= 11 is 6.14. The number of furan rings is 1. The Labute approximate surface area is 177 Å². The van der Waals surface area contributed by atoms with E-state index >= 15 is 0 Å². The van der Waals surface area contributed by atoms with Gasteiger partial charge in [-0.1, -0.05) is 35.9 Å². The van der Waals surface area contributed by atoms with E-state index in [9.17, 15) is 19.1 Å². The predicted molar refractivity (Wildman–Crippen MR) is 110 cm³/mol. The van der Waals surface area contributed by atoms with Gasteiger partial charge in [-0.15, -0.1) is 0 Å². The summed E-state index contributed by atoms with van der Waals surface area (Å²) in [7, 11) is 0. The van der Waals surface area contributed by atoms with E-state index in [4.69, 9.17) is 16.0 Å². The van der Waals surface area contributed by atoms with Gasteiger partial charge in [0.05, 0.1) is 30.5 Å². The number of ketones is 1. The monoisotopic (exact) mass is 427 g/mol. The molecule has 0 bridgehead atoms. The number of aryl methyl sites for hydroxylation is 2. The summed E-state index contributed by atoms with van der Waals surface area (Å²) in [5.74, 6) is -1.23. The highest BCUT2D eigenvalue weighted by Gasteiger charge is 2.51. The maximum absolute atomic E-state index is 14.3. The van der Waals surface area contributed by atoms with Crippen molar-refractivity contribution in [3.05, 3.63) is 87.6 Å². The molecule has 30 heavy (non-hydrogen) atoms. The van der Waals surface area contributed by atoms with Gasteiger partial charge in [0.2, 0.25) is 0 Å². The van der Waals surface area contributed by atoms with Crippen molar-refractivity contribution in [2.45, 2.75) is 32.4 Å². The molecule has 2 heterocycles. The van der Waals surface area contributed by atoms with E-state index < -0.39 is 29.5 Å². The minimum absolute atomic E-state index is 0.138. The fourth-order valence-corrected chi connectivity index (χ4v) is 4.21. The van der Waals surface area contributed by atoms with Crippen molar-refractivity contribution in [3.8, 4) is 0 Å². The summed E-state index contributed by atoms with van der Waals surface area (Å²) in [5.41, 5.74) is -0.229. The molecule has 1 N–H and O–H groups in total. The summed E-state index contributed by atoms with van der Waals surface area (Å²) in [4.78, 5) is 27.6. The zero-order chi connectivity index (χ0) is 21.6. The molecule has 0 fully saturated rings. The topological polar surface area (TPSA) is 70.7 Å². The Bertz CT molecular complexity index is 1130. The van der Waals surface area contributed by atoms with E-state index in [-0.39, 0.29) is 17.1 Å². The van der Waals surface area contributed by atoms with E-state index in [0.717, 1.165) is 0 Å². The highest BCUT2D eigenvalue weighted by molar-refractivity contribution is 6.31. The first kappa shape index (κ1) is 20.3. The summed E-state index contributed by atoms with van der Waals surface area (Å²) in [5, 5.41) is 11.6. The third-order valence-electron chi connectivity index (χ3n) is 5.47. The van der Waals surface area contributed by atoms with Crippen molar-refractivity contribution in [2.24, 2.45) is 0 Å². The lowest BCUT2D eigenvalue weighted by molar-refractivity contribution is -0.136. The predicted octanol–water partition coefficient (Wildman–Crippen LogP) is 4.70. The zero-order valence-corrected chi connectivity index (χ0v) is 17.2. The largest absolute Gasteiger partial charge is 0.469 e. The maximum atomic E-state index is 14.3. The van der Waals surface area contributed by atoms with Crippen LogP contribution >= 0.6 is 11.6 Å². The number of rotatable bonds is 5. The van der Waals surface area contributed by atoms with Crippen LogP contribution in [0.4, 0.5) is 10.1 Å². The van der Waals surface area contributed by atoms with Gasteiger partial charge in [-0.05, 0) is 37.6 Å². The normalized spacial score (nSPS) is 18.0. The smallest absolute Gasteiger partial charge is 0.264 e. The number of amides is 1. The Morgan fingerprint density at radius 3 is 2.60 bits per heavy atom. The van der Waals surface area contributed by atoms with Crippen molar-refractivity contribution in [1.29, 1.82) is 0 Å². The van der Waals surface area contributed by atoms with E-state index in [1.165, 1.54) is 29.4 Å². The first-order chi connectivity index (χ1) is 14.2. The third-order valence-corrected chi connectivity index (χ3v) is 5.83. The average Bonchev–Trinajstić information content (AvgIpc) is 3.14. The molecule has 1 atom stereocenters. The molecule has 154 valence electrons. The fraction of sp³-hybridized carbons (Fsp3) is 0.217. The van der Waals surface area contributed by atoms with Crippen LogP contribution in [0.2, 0.25) is 5.02 Å². The summed E-state index contributed by atoms with van der Waals surface area (Å²) in [6, 6.07) is 10.9. The van der Waals surface area contributed by atoms with Crippen LogP contribution < -0.4 is 4.90 Å². The maximum Gasteiger partial charge on any atom is 0.264 e. The lowest BCUT2D eigenvalue weighted by Gasteiger charge is -2.23. The molecule has 5 nitrogen and oxygen atoms in total. The van der Waals surface area contributed by atoms with Gasteiger partial charge in [0.25, 0.3) is 5.91 Å². The molecular formula is C23H19ClFNO4. The van der Waals surface area contributed by atoms with Crippen LogP contribution in [0.1, 0.15) is 39.2 Å². The Morgan fingerprint density at radius 1 is 1.20 bits per heavy atom. The molecule has 1 unspecified atom stereocenters. The van der Waals surface area contributed by atoms with E-state index in [1.54, 1.807) is 38.1 Å². The molecule has 0 spiro atoms. The molecule has 2 aromatic carbocycles. The molecule has 1 aromatic heterocycles. The summed E-state index contributed by atoms with van der Waals surface area (Å²) < 4.78 is 19.6. The van der Waals surface area contributed by atoms with Gasteiger partial charge >= 0.3 is 0 Å². The molecule has 0 radical (unpaired) electrons. The van der Waals surface area contributed by atoms with Gasteiger partial charge in [0, 0.05) is 16.1 Å². The molecule has 3 aromatic rings. The number of halogens is 2. The van der Waals surface area contributed by atoms with Crippen molar-refractivity contribution >= 4 is 29.0 Å². The van der Waals surface area contributed by atoms with E-state index in [0.29, 0.717) is 28.1 Å². The Balaban J connectivity index is 1.73. The number of hydrogen-bond acceptors (Lipinski definition) is 4. The van der Waals surface area contributed by atoms with Crippen LogP contribution in [-0.2, 0) is 16.9 Å². The Kier molecular flexibility index (Phi) is 5.00. The number of benzene rings is 2. The first-order valence-electron chi connectivity index (χ1n) is 9.38. The number of para-hydroxylation sites is 1. The second-order valence-electron chi connectivity index (χ2n) is 7.42. The van der Waals surface area contributed by atoms with Crippen LogP contribution in [0.5, 0.6) is 0 Å². The van der Waals surface area contributed by atoms with Gasteiger partial charge < -0.3 is 14.4 Å². The Hall–Kier alpha value is -2.96. The number of nitrogens with zero attached hydrogens (tertiary/aromatic N) is 1. The SMILES string of the molecule is Cc1coc(C)c1C(=O)CC1(O)C(=O)N(Cc2c(F)cccc2Cl)c2ccccc21. The van der Waals surface area contributed by atoms with Crippen molar-refractivity contribution in [2.75, 3.05) is 4.90 Å². The number of fused-ring (bicyclic) bond motifs is 1. The van der Waals surface area contributed by atoms with Gasteiger partial charge in [0.1, 0.15) is 11.6 Å². The van der Waals surface area contributed by atoms with Crippen molar-refractivity contribution < 1.29 is 23.5 Å². The Morgan fingerprint density at radius 2 is 1.93 bits per heavy atom. The van der Waals surface area contributed by atoms with Crippen molar-refractivity contribution in [3.63, 3.8) is 0 Å². The second kappa shape index (κ2) is 7.38. The number of anilines is 1. The zero-order valence-electron chi connectivity index (χ0n) is 16.4. The van der Waals surface area contributed by atoms with Crippen LogP contribution in [-0.4, -0.2) is 16.8 Å². The highest BCUT2D eigenvalue weighted by Crippen LogP contribution is 2.44. The number of hydrogen-bond donors (Lipinski definition) is 1. The van der Waals surface area contributed by atoms with Gasteiger partial charge in [-0.25, -0.2) is 4.39 Å². The lowest BCUT2D eigenvalue weighted by atomic mass is 9.87. The van der Waals surface area contributed by atoms with E-state index in [2.05, 4.69) is 0 Å². The highest BCUT2D eigenvalue weighted by atomic mass is 35.5. The average molecular weight is 428 g/mol. The summed E-state index contributed by atoms with van der Waals surface area (Å²) in [6.07, 6.45) is 1.01. The van der Waals surface area contributed by atoms with Crippen LogP contribution in [0, 0.1) is 19.7 Å². The summed E-state index contributed by atoms with van der Waals surface area (Å²) in [6.45, 7) is 3.22. The minimum atomic E-state index is -2.07. The molecule has 1 aliphatic heterocycles. The van der Waals surface area contributed by atoms with Crippen LogP contribution in [0.15, 0.2) is 53.1 Å². The number of Topliss-reactive ketones (excluding diaryl/α,β-unsaturated/α-hetero) is 1. The molecule has 0 aliphatic carbocycles. The number of carbonyl (C=O) groups is 2. The van der Waals surface area contributed by atoms with Crippen LogP contribution in [0.3, 0.4) is 0 Å². The lowest BCUT2D eigenvalue weighted by Crippen LogP contribution is -2.41. The molecule has 0 saturated heterocycles. The molecular weight excluding hydrogens is 409 g/mol. The molecule has 1 amide bonds. The van der Waals surface area contributed by atoms with Crippen LogP contribution in [0.25, 0.3) is 0 Å². The van der Waals surface area contributed by atoms with Gasteiger partial charge in [0.15, 0.2) is 11.4 Å². The second-order valence-corrected chi connectivity index (χ2v) is 7.83. The standard InChI is InChI=1S/C23H19ClFNO4/c1-13-12-30-14(2)21(13)20(27)10-23(29)16-6-3-4-9-19(16)26(22(23)28)11-15-17(24)7-5-8-18(15)25/h3-9,12,29H,10-11H2,1-2H3. The van der Waals surface area contributed by atoms with Gasteiger partial charge in [-0.3, -0.25) is 9.59 Å².